The van der Waals surface area contributed by atoms with E-state index in [-0.39, 0.29) is 16.9 Å². The van der Waals surface area contributed by atoms with Gasteiger partial charge in [0.05, 0.1) is 11.1 Å². The molecule has 74 valence electrons. The van der Waals surface area contributed by atoms with Crippen molar-refractivity contribution in [1.82, 2.24) is 5.32 Å². The van der Waals surface area contributed by atoms with Gasteiger partial charge in [-0.1, -0.05) is 6.07 Å². The van der Waals surface area contributed by atoms with Crippen LogP contribution in [0.5, 0.6) is 5.75 Å². The van der Waals surface area contributed by atoms with Crippen molar-refractivity contribution in [3.63, 3.8) is 0 Å². The second kappa shape index (κ2) is 3.78. The molecular weight excluding hydrogens is 186 g/mol. The summed E-state index contributed by atoms with van der Waals surface area (Å²) in [5, 5.41) is 20.3. The Bertz CT molecular complexity index is 386. The fraction of sp³-hybridized carbons (Fsp3) is 0.111. The number of carboxylic acid groups (broad SMARTS) is 1. The molecule has 0 fully saturated rings. The molecule has 0 radical (unpaired) electrons. The Kier molecular flexibility index (Phi) is 2.71. The lowest BCUT2D eigenvalue weighted by molar-refractivity contribution is 0.0690. The molecule has 1 rings (SSSR count). The molecule has 0 saturated carbocycles. The molecule has 0 spiro atoms. The molecule has 0 saturated heterocycles. The molecule has 5 heteroatoms. The van der Waals surface area contributed by atoms with Gasteiger partial charge in [-0.25, -0.2) is 4.79 Å². The van der Waals surface area contributed by atoms with Gasteiger partial charge in [0.25, 0.3) is 5.91 Å². The summed E-state index contributed by atoms with van der Waals surface area (Å²) in [4.78, 5) is 21.9. The highest BCUT2D eigenvalue weighted by Crippen LogP contribution is 2.20. The van der Waals surface area contributed by atoms with E-state index in [0.29, 0.717) is 0 Å². The van der Waals surface area contributed by atoms with Crippen LogP contribution >= 0.6 is 0 Å². The van der Waals surface area contributed by atoms with Crippen LogP contribution in [0, 0.1) is 0 Å². The van der Waals surface area contributed by atoms with Crippen molar-refractivity contribution in [3.8, 4) is 5.75 Å². The molecule has 14 heavy (non-hydrogen) atoms. The molecule has 0 aliphatic rings. The second-order valence-electron chi connectivity index (χ2n) is 2.58. The van der Waals surface area contributed by atoms with Gasteiger partial charge in [-0.2, -0.15) is 0 Å². The third-order valence-electron chi connectivity index (χ3n) is 1.73. The first-order valence-electron chi connectivity index (χ1n) is 3.85. The van der Waals surface area contributed by atoms with Crippen LogP contribution in [0.3, 0.4) is 0 Å². The Balaban J connectivity index is 3.36. The highest BCUT2D eigenvalue weighted by atomic mass is 16.4. The van der Waals surface area contributed by atoms with Gasteiger partial charge in [0, 0.05) is 7.05 Å². The number of phenols is 1. The molecule has 1 amide bonds. The van der Waals surface area contributed by atoms with E-state index in [2.05, 4.69) is 5.32 Å². The van der Waals surface area contributed by atoms with Crippen LogP contribution in [-0.2, 0) is 0 Å². The number of phenolic OH excluding ortho intramolecular Hbond substituents is 1. The van der Waals surface area contributed by atoms with Crippen LogP contribution < -0.4 is 5.32 Å². The first kappa shape index (κ1) is 10.0. The summed E-state index contributed by atoms with van der Waals surface area (Å²) in [5.41, 5.74) is -0.438. The van der Waals surface area contributed by atoms with Crippen molar-refractivity contribution in [2.75, 3.05) is 7.05 Å². The van der Waals surface area contributed by atoms with Gasteiger partial charge in [0.2, 0.25) is 0 Å². The van der Waals surface area contributed by atoms with Crippen molar-refractivity contribution in [2.24, 2.45) is 0 Å². The van der Waals surface area contributed by atoms with E-state index < -0.39 is 11.9 Å². The predicted octanol–water partition coefficient (Wildman–Crippen LogP) is 0.450. The first-order chi connectivity index (χ1) is 6.57. The van der Waals surface area contributed by atoms with Gasteiger partial charge in [-0.05, 0) is 12.1 Å². The largest absolute Gasteiger partial charge is 0.507 e. The molecule has 0 aromatic heterocycles. The van der Waals surface area contributed by atoms with E-state index in [9.17, 15) is 14.7 Å². The van der Waals surface area contributed by atoms with Gasteiger partial charge in [-0.15, -0.1) is 0 Å². The smallest absolute Gasteiger partial charge is 0.336 e. The van der Waals surface area contributed by atoms with E-state index in [1.807, 2.05) is 0 Å². The standard InChI is InChI=1S/C9H9NO4/c1-10-8(12)7-5(9(13)14)3-2-4-6(7)11/h2-4,11H,1H3,(H,10,12)(H,13,14). The van der Waals surface area contributed by atoms with Crippen molar-refractivity contribution in [3.05, 3.63) is 29.3 Å². The number of carbonyl (C=O) groups is 2. The number of rotatable bonds is 2. The van der Waals surface area contributed by atoms with Crippen LogP contribution in [0.4, 0.5) is 0 Å². The zero-order valence-electron chi connectivity index (χ0n) is 7.44. The Morgan fingerprint density at radius 1 is 1.36 bits per heavy atom. The number of aromatic hydroxyl groups is 1. The minimum atomic E-state index is -1.25. The van der Waals surface area contributed by atoms with Crippen molar-refractivity contribution in [2.45, 2.75) is 0 Å². The average Bonchev–Trinajstić information content (AvgIpc) is 2.16. The first-order valence-corrected chi connectivity index (χ1v) is 3.85. The number of carbonyl (C=O) groups excluding carboxylic acids is 1. The minimum absolute atomic E-state index is 0.218. The van der Waals surface area contributed by atoms with Gasteiger partial charge in [-0.3, -0.25) is 4.79 Å². The van der Waals surface area contributed by atoms with Crippen LogP contribution in [-0.4, -0.2) is 29.1 Å². The van der Waals surface area contributed by atoms with Gasteiger partial charge in [0.15, 0.2) is 0 Å². The van der Waals surface area contributed by atoms with Crippen LogP contribution in [0.15, 0.2) is 18.2 Å². The highest BCUT2D eigenvalue weighted by Gasteiger charge is 2.18. The SMILES string of the molecule is CNC(=O)c1c(O)cccc1C(=O)O. The summed E-state index contributed by atoms with van der Waals surface area (Å²) in [6, 6.07) is 3.88. The maximum atomic E-state index is 11.2. The third-order valence-corrected chi connectivity index (χ3v) is 1.73. The zero-order chi connectivity index (χ0) is 10.7. The van der Waals surface area contributed by atoms with E-state index in [4.69, 9.17) is 5.11 Å². The Morgan fingerprint density at radius 2 is 2.00 bits per heavy atom. The number of aromatic carboxylic acids is 1. The third kappa shape index (κ3) is 1.66. The average molecular weight is 195 g/mol. The summed E-state index contributed by atoms with van der Waals surface area (Å²) in [6.07, 6.45) is 0. The molecule has 5 nitrogen and oxygen atoms in total. The quantitative estimate of drug-likeness (QED) is 0.639. The number of amides is 1. The number of hydrogen-bond acceptors (Lipinski definition) is 3. The molecule has 1 aromatic carbocycles. The molecular formula is C9H9NO4. The lowest BCUT2D eigenvalue weighted by atomic mass is 10.1. The zero-order valence-corrected chi connectivity index (χ0v) is 7.44. The predicted molar refractivity (Wildman–Crippen MR) is 48.5 cm³/mol. The van der Waals surface area contributed by atoms with E-state index >= 15 is 0 Å². The maximum absolute atomic E-state index is 11.2. The fourth-order valence-corrected chi connectivity index (χ4v) is 1.08. The number of carboxylic acids is 1. The highest BCUT2D eigenvalue weighted by molar-refractivity contribution is 6.06. The lowest BCUT2D eigenvalue weighted by Crippen LogP contribution is -2.21. The summed E-state index contributed by atoms with van der Waals surface area (Å²) >= 11 is 0. The van der Waals surface area contributed by atoms with Crippen molar-refractivity contribution < 1.29 is 19.8 Å². The minimum Gasteiger partial charge on any atom is -0.507 e. The number of benzene rings is 1. The van der Waals surface area contributed by atoms with E-state index in [1.54, 1.807) is 0 Å². The summed E-state index contributed by atoms with van der Waals surface area (Å²) < 4.78 is 0. The van der Waals surface area contributed by atoms with Gasteiger partial charge < -0.3 is 15.5 Å². The number of nitrogens with one attached hydrogen (secondary N) is 1. The Morgan fingerprint density at radius 3 is 2.50 bits per heavy atom. The van der Waals surface area contributed by atoms with E-state index in [1.165, 1.54) is 25.2 Å². The molecule has 0 heterocycles. The molecule has 3 N–H and O–H groups in total. The van der Waals surface area contributed by atoms with Crippen molar-refractivity contribution >= 4 is 11.9 Å². The normalized spacial score (nSPS) is 9.50. The van der Waals surface area contributed by atoms with Crippen molar-refractivity contribution in [1.29, 1.82) is 0 Å². The van der Waals surface area contributed by atoms with Crippen LogP contribution in [0.1, 0.15) is 20.7 Å². The maximum Gasteiger partial charge on any atom is 0.336 e. The molecule has 0 aliphatic carbocycles. The topological polar surface area (TPSA) is 86.6 Å². The molecule has 0 aliphatic heterocycles. The monoisotopic (exact) mass is 195 g/mol. The van der Waals surface area contributed by atoms with Crippen LogP contribution in [0.2, 0.25) is 0 Å². The van der Waals surface area contributed by atoms with Gasteiger partial charge >= 0.3 is 5.97 Å². The lowest BCUT2D eigenvalue weighted by Gasteiger charge is -2.06. The number of hydrogen-bond donors (Lipinski definition) is 3. The van der Waals surface area contributed by atoms with Gasteiger partial charge in [0.1, 0.15) is 5.75 Å². The fourth-order valence-electron chi connectivity index (χ4n) is 1.08. The Labute approximate surface area is 80.0 Å². The van der Waals surface area contributed by atoms with E-state index in [0.717, 1.165) is 0 Å². The molecule has 1 aromatic rings. The summed E-state index contributed by atoms with van der Waals surface area (Å²) in [7, 11) is 1.36. The molecule has 0 atom stereocenters. The molecule has 0 bridgehead atoms. The second-order valence-corrected chi connectivity index (χ2v) is 2.58. The van der Waals surface area contributed by atoms with Crippen LogP contribution in [0.25, 0.3) is 0 Å². The Hall–Kier alpha value is -2.04. The summed E-state index contributed by atoms with van der Waals surface area (Å²) in [5.74, 6) is -2.22. The summed E-state index contributed by atoms with van der Waals surface area (Å²) in [6.45, 7) is 0. The molecule has 0 unspecified atom stereocenters.